The second kappa shape index (κ2) is 5.67. The summed E-state index contributed by atoms with van der Waals surface area (Å²) in [6.07, 6.45) is 6.81. The molecular weight excluding hydrogens is 86.1 g/mol. The van der Waals surface area contributed by atoms with Crippen LogP contribution in [0.3, 0.4) is 0 Å². The maximum absolute atomic E-state index is 6.53. The summed E-state index contributed by atoms with van der Waals surface area (Å²) in [4.78, 5) is 0. The molecule has 41 valence electrons. The Kier molecular flexibility index (Phi) is 5.40. The van der Waals surface area contributed by atoms with Crippen molar-refractivity contribution in [2.45, 2.75) is 32.6 Å². The fourth-order valence-corrected chi connectivity index (χ4v) is 0.463. The zero-order chi connectivity index (χ0) is 5.54. The smallest absolute Gasteiger partial charge is 0.0521 e. The summed E-state index contributed by atoms with van der Waals surface area (Å²) in [5.41, 5.74) is 0. The van der Waals surface area contributed by atoms with Crippen molar-refractivity contribution >= 4 is 6.21 Å². The fraction of sp³-hybridized carbons (Fsp3) is 0.833. The van der Waals surface area contributed by atoms with E-state index in [0.29, 0.717) is 0 Å². The normalized spacial score (nSPS) is 8.71. The van der Waals surface area contributed by atoms with E-state index in [9.17, 15) is 0 Å². The first-order valence-corrected chi connectivity index (χ1v) is 2.81. The van der Waals surface area contributed by atoms with E-state index in [2.05, 4.69) is 13.1 Å². The minimum Gasteiger partial charge on any atom is -0.303 e. The monoisotopic (exact) mass is 98.1 g/mol. The van der Waals surface area contributed by atoms with Crippen molar-refractivity contribution in [3.8, 4) is 0 Å². The number of hydrogen-bond donors (Lipinski definition) is 1. The van der Waals surface area contributed by atoms with Gasteiger partial charge in [0.2, 0.25) is 0 Å². The van der Waals surface area contributed by atoms with Crippen LogP contribution in [0, 0.1) is 5.41 Å². The van der Waals surface area contributed by atoms with Crippen LogP contribution < -0.4 is 0 Å². The number of nitrogens with one attached hydrogen (secondary N) is 1. The van der Waals surface area contributed by atoms with Gasteiger partial charge in [-0.25, -0.2) is 0 Å². The van der Waals surface area contributed by atoms with Crippen molar-refractivity contribution in [1.29, 1.82) is 5.41 Å². The quantitative estimate of drug-likeness (QED) is 0.411. The standard InChI is InChI=1S/C6H12N/c1-2-3-4-5-6-7/h7H,2-5H2,1H3. The molecule has 1 nitrogen and oxygen atoms in total. The molecule has 7 heavy (non-hydrogen) atoms. The van der Waals surface area contributed by atoms with Gasteiger partial charge in [-0.3, -0.25) is 0 Å². The lowest BCUT2D eigenvalue weighted by Crippen LogP contribution is -1.73. The first-order chi connectivity index (χ1) is 3.41. The zero-order valence-electron chi connectivity index (χ0n) is 4.83. The Hall–Kier alpha value is -0.330. The third-order valence-corrected chi connectivity index (χ3v) is 0.905. The second-order valence-corrected chi connectivity index (χ2v) is 1.63. The maximum atomic E-state index is 6.53. The van der Waals surface area contributed by atoms with Gasteiger partial charge < -0.3 is 5.41 Å². The van der Waals surface area contributed by atoms with Crippen molar-refractivity contribution in [2.24, 2.45) is 0 Å². The molecule has 0 aromatic heterocycles. The molecule has 0 aromatic rings. The minimum atomic E-state index is 0.841. The highest BCUT2D eigenvalue weighted by Gasteiger charge is 1.79. The van der Waals surface area contributed by atoms with Crippen molar-refractivity contribution in [1.82, 2.24) is 0 Å². The zero-order valence-corrected chi connectivity index (χ0v) is 4.83. The van der Waals surface area contributed by atoms with E-state index in [0.717, 1.165) is 12.8 Å². The van der Waals surface area contributed by atoms with Gasteiger partial charge >= 0.3 is 0 Å². The van der Waals surface area contributed by atoms with E-state index < -0.39 is 0 Å². The van der Waals surface area contributed by atoms with Gasteiger partial charge in [0.25, 0.3) is 0 Å². The van der Waals surface area contributed by atoms with Crippen LogP contribution in [0.1, 0.15) is 32.6 Å². The SMILES string of the molecule is CCCCC[C]=N. The number of hydrogen-bond acceptors (Lipinski definition) is 1. The summed E-state index contributed by atoms with van der Waals surface area (Å²) in [6.45, 7) is 2.16. The lowest BCUT2D eigenvalue weighted by Gasteiger charge is -1.86. The van der Waals surface area contributed by atoms with Crippen LogP contribution in [0.15, 0.2) is 0 Å². The maximum Gasteiger partial charge on any atom is 0.0521 e. The lowest BCUT2D eigenvalue weighted by molar-refractivity contribution is 0.745. The van der Waals surface area contributed by atoms with E-state index in [-0.39, 0.29) is 0 Å². The van der Waals surface area contributed by atoms with Gasteiger partial charge in [-0.2, -0.15) is 0 Å². The Morgan fingerprint density at radius 3 is 2.57 bits per heavy atom. The van der Waals surface area contributed by atoms with Crippen molar-refractivity contribution in [2.75, 3.05) is 0 Å². The molecule has 0 saturated carbocycles. The summed E-state index contributed by atoms with van der Waals surface area (Å²) in [5, 5.41) is 6.53. The van der Waals surface area contributed by atoms with E-state index >= 15 is 0 Å². The van der Waals surface area contributed by atoms with Crippen LogP contribution in [-0.4, -0.2) is 6.21 Å². The highest BCUT2D eigenvalue weighted by atomic mass is 14.3. The van der Waals surface area contributed by atoms with Gasteiger partial charge in [0.15, 0.2) is 0 Å². The summed E-state index contributed by atoms with van der Waals surface area (Å²) in [7, 11) is 0. The number of unbranched alkanes of at least 4 members (excludes halogenated alkanes) is 3. The number of rotatable bonds is 4. The first-order valence-electron chi connectivity index (χ1n) is 2.81. The molecule has 0 rings (SSSR count). The molecule has 1 heteroatoms. The molecule has 0 aliphatic rings. The molecule has 0 heterocycles. The Morgan fingerprint density at radius 1 is 1.43 bits per heavy atom. The van der Waals surface area contributed by atoms with Gasteiger partial charge in [0, 0.05) is 0 Å². The van der Waals surface area contributed by atoms with Gasteiger partial charge in [-0.05, 0) is 12.8 Å². The molecule has 0 unspecified atom stereocenters. The predicted octanol–water partition coefficient (Wildman–Crippen LogP) is 2.09. The molecule has 1 N–H and O–H groups in total. The molecule has 0 bridgehead atoms. The van der Waals surface area contributed by atoms with Gasteiger partial charge in [-0.1, -0.05) is 19.8 Å². The molecule has 0 aliphatic carbocycles. The van der Waals surface area contributed by atoms with Crippen LogP contribution >= 0.6 is 0 Å². The molecule has 1 radical (unpaired) electrons. The van der Waals surface area contributed by atoms with Gasteiger partial charge in [-0.15, -0.1) is 0 Å². The van der Waals surface area contributed by atoms with Gasteiger partial charge in [0.05, 0.1) is 6.21 Å². The van der Waals surface area contributed by atoms with Crippen LogP contribution in [0.25, 0.3) is 0 Å². The molecule has 0 atom stereocenters. The summed E-state index contributed by atoms with van der Waals surface area (Å²) >= 11 is 0. The molecule has 0 aliphatic heterocycles. The summed E-state index contributed by atoms with van der Waals surface area (Å²) in [5.74, 6) is 0. The molecule has 0 fully saturated rings. The Morgan fingerprint density at radius 2 is 2.14 bits per heavy atom. The molecule has 0 amide bonds. The topological polar surface area (TPSA) is 23.9 Å². The average molecular weight is 98.2 g/mol. The third kappa shape index (κ3) is 5.67. The minimum absolute atomic E-state index is 0.841. The second-order valence-electron chi connectivity index (χ2n) is 1.63. The van der Waals surface area contributed by atoms with E-state index in [1.54, 1.807) is 0 Å². The highest BCUT2D eigenvalue weighted by Crippen LogP contribution is 1.94. The van der Waals surface area contributed by atoms with Crippen molar-refractivity contribution in [3.63, 3.8) is 0 Å². The predicted molar refractivity (Wildman–Crippen MR) is 31.9 cm³/mol. The molecule has 0 spiro atoms. The molecular formula is C6H12N. The molecule has 0 saturated heterocycles. The summed E-state index contributed by atoms with van der Waals surface area (Å²) < 4.78 is 0. The average Bonchev–Trinajstić information content (AvgIpc) is 1.69. The van der Waals surface area contributed by atoms with Crippen LogP contribution in [0.2, 0.25) is 0 Å². The van der Waals surface area contributed by atoms with Crippen LogP contribution in [0.5, 0.6) is 0 Å². The van der Waals surface area contributed by atoms with Crippen molar-refractivity contribution in [3.05, 3.63) is 0 Å². The van der Waals surface area contributed by atoms with Crippen molar-refractivity contribution < 1.29 is 0 Å². The van der Waals surface area contributed by atoms with E-state index in [4.69, 9.17) is 5.41 Å². The highest BCUT2D eigenvalue weighted by molar-refractivity contribution is 5.52. The molecule has 0 aromatic carbocycles. The Bertz CT molecular complexity index is 41.4. The van der Waals surface area contributed by atoms with Gasteiger partial charge in [0.1, 0.15) is 0 Å². The van der Waals surface area contributed by atoms with E-state index in [1.807, 2.05) is 0 Å². The Balaban J connectivity index is 2.56. The van der Waals surface area contributed by atoms with Crippen LogP contribution in [0.4, 0.5) is 0 Å². The van der Waals surface area contributed by atoms with Crippen LogP contribution in [-0.2, 0) is 0 Å². The summed E-state index contributed by atoms with van der Waals surface area (Å²) in [6, 6.07) is 0. The first kappa shape index (κ1) is 6.67. The lowest BCUT2D eigenvalue weighted by atomic mass is 10.2. The van der Waals surface area contributed by atoms with E-state index in [1.165, 1.54) is 12.8 Å². The largest absolute Gasteiger partial charge is 0.303 e. The Labute approximate surface area is 45.2 Å². The third-order valence-electron chi connectivity index (χ3n) is 0.905. The fourth-order valence-electron chi connectivity index (χ4n) is 0.463.